The fourth-order valence-corrected chi connectivity index (χ4v) is 9.67. The molecular formula is C31H38O11. The molecule has 0 amide bonds. The third-order valence-corrected chi connectivity index (χ3v) is 11.4. The Morgan fingerprint density at radius 3 is 2.57 bits per heavy atom. The van der Waals surface area contributed by atoms with Gasteiger partial charge < -0.3 is 33.5 Å². The van der Waals surface area contributed by atoms with Crippen molar-refractivity contribution in [3.63, 3.8) is 0 Å². The van der Waals surface area contributed by atoms with E-state index < -0.39 is 75.9 Å². The predicted octanol–water partition coefficient (Wildman–Crippen LogP) is 2.49. The average molecular weight is 587 g/mol. The van der Waals surface area contributed by atoms with Crippen molar-refractivity contribution in [2.45, 2.75) is 102 Å². The van der Waals surface area contributed by atoms with Gasteiger partial charge in [-0.15, -0.1) is 0 Å². The van der Waals surface area contributed by atoms with Gasteiger partial charge >= 0.3 is 23.9 Å². The van der Waals surface area contributed by atoms with E-state index in [1.807, 2.05) is 33.8 Å². The van der Waals surface area contributed by atoms with Crippen LogP contribution >= 0.6 is 0 Å². The molecule has 2 spiro atoms. The highest BCUT2D eigenvalue weighted by molar-refractivity contribution is 5.92. The number of carbonyl (C=O) groups excluding carboxylic acids is 4. The summed E-state index contributed by atoms with van der Waals surface area (Å²) >= 11 is 0. The second-order valence-electron chi connectivity index (χ2n) is 14.0. The van der Waals surface area contributed by atoms with Crippen LogP contribution in [0.1, 0.15) is 67.2 Å². The first kappa shape index (κ1) is 28.0. The van der Waals surface area contributed by atoms with Gasteiger partial charge in [-0.1, -0.05) is 13.8 Å². The minimum Gasteiger partial charge on any atom is -0.466 e. The summed E-state index contributed by atoms with van der Waals surface area (Å²) < 4.78 is 35.9. The fraction of sp³-hybridized carbons (Fsp3) is 0.742. The lowest BCUT2D eigenvalue weighted by Gasteiger charge is -2.52. The fourth-order valence-electron chi connectivity index (χ4n) is 9.67. The summed E-state index contributed by atoms with van der Waals surface area (Å²) in [4.78, 5) is 52.4. The minimum absolute atomic E-state index is 0.0859. The molecule has 1 aliphatic carbocycles. The molecule has 7 aliphatic rings. The molecule has 0 radical (unpaired) electrons. The molecule has 11 atom stereocenters. The Morgan fingerprint density at radius 2 is 1.90 bits per heavy atom. The molecule has 0 aromatic heterocycles. The summed E-state index contributed by atoms with van der Waals surface area (Å²) in [6.07, 6.45) is 2.54. The molecule has 0 aromatic carbocycles. The van der Waals surface area contributed by atoms with Gasteiger partial charge in [0.15, 0.2) is 5.60 Å². The van der Waals surface area contributed by atoms with Gasteiger partial charge in [0.2, 0.25) is 5.60 Å². The van der Waals surface area contributed by atoms with Crippen LogP contribution in [0.15, 0.2) is 23.5 Å². The van der Waals surface area contributed by atoms with Gasteiger partial charge in [0.25, 0.3) is 5.79 Å². The molecule has 228 valence electrons. The number of hydrogen-bond donors (Lipinski definition) is 1. The number of allylic oxidation sites excluding steroid dienone is 2. The molecule has 2 bridgehead atoms. The number of rotatable bonds is 4. The van der Waals surface area contributed by atoms with Gasteiger partial charge in [-0.05, 0) is 76.4 Å². The molecule has 0 aromatic rings. The maximum absolute atomic E-state index is 14.1. The Labute approximate surface area is 243 Å². The lowest BCUT2D eigenvalue weighted by molar-refractivity contribution is -0.369. The van der Waals surface area contributed by atoms with Crippen LogP contribution in [0.5, 0.6) is 0 Å². The van der Waals surface area contributed by atoms with E-state index >= 15 is 0 Å². The van der Waals surface area contributed by atoms with E-state index in [0.717, 1.165) is 0 Å². The Balaban J connectivity index is 1.28. The molecular weight excluding hydrogens is 548 g/mol. The van der Waals surface area contributed by atoms with Crippen molar-refractivity contribution in [3.8, 4) is 0 Å². The summed E-state index contributed by atoms with van der Waals surface area (Å²) in [5.41, 5.74) is -4.32. The summed E-state index contributed by atoms with van der Waals surface area (Å²) in [5, 5.41) is 12.8. The van der Waals surface area contributed by atoms with E-state index in [0.29, 0.717) is 17.8 Å². The van der Waals surface area contributed by atoms with Crippen LogP contribution in [0.3, 0.4) is 0 Å². The van der Waals surface area contributed by atoms with Gasteiger partial charge in [-0.3, -0.25) is 14.4 Å². The van der Waals surface area contributed by atoms with Crippen LogP contribution in [-0.2, 0) is 47.6 Å². The zero-order chi connectivity index (χ0) is 30.2. The second kappa shape index (κ2) is 8.45. The average Bonchev–Trinajstić information content (AvgIpc) is 2.98. The molecule has 1 saturated carbocycles. The summed E-state index contributed by atoms with van der Waals surface area (Å²) in [5.74, 6) is -6.37. The summed E-state index contributed by atoms with van der Waals surface area (Å²) in [6, 6.07) is 0. The van der Waals surface area contributed by atoms with Gasteiger partial charge in [0, 0.05) is 11.5 Å². The molecule has 6 aliphatic heterocycles. The third kappa shape index (κ3) is 3.22. The number of carbonyl (C=O) groups is 4. The molecule has 6 fully saturated rings. The van der Waals surface area contributed by atoms with Gasteiger partial charge in [-0.25, -0.2) is 4.79 Å². The molecule has 7 rings (SSSR count). The van der Waals surface area contributed by atoms with Crippen molar-refractivity contribution in [2.24, 2.45) is 35.0 Å². The molecule has 11 nitrogen and oxygen atoms in total. The maximum atomic E-state index is 14.1. The van der Waals surface area contributed by atoms with Crippen LogP contribution in [0, 0.1) is 35.0 Å². The predicted molar refractivity (Wildman–Crippen MR) is 141 cm³/mol. The number of fused-ring (bicyclic) bond motifs is 4. The smallest absolute Gasteiger partial charge is 0.339 e. The largest absolute Gasteiger partial charge is 0.466 e. The lowest BCUT2D eigenvalue weighted by Crippen LogP contribution is -2.74. The van der Waals surface area contributed by atoms with Crippen LogP contribution in [0.4, 0.5) is 0 Å². The number of aliphatic hydroxyl groups is 1. The maximum Gasteiger partial charge on any atom is 0.339 e. The first-order valence-electron chi connectivity index (χ1n) is 15.0. The highest BCUT2D eigenvalue weighted by atomic mass is 16.7. The van der Waals surface area contributed by atoms with Crippen molar-refractivity contribution < 1.29 is 52.7 Å². The Bertz CT molecular complexity index is 1360. The molecule has 1 N–H and O–H groups in total. The van der Waals surface area contributed by atoms with Crippen molar-refractivity contribution >= 4 is 23.9 Å². The van der Waals surface area contributed by atoms with Crippen LogP contribution < -0.4 is 0 Å². The van der Waals surface area contributed by atoms with E-state index in [1.165, 1.54) is 0 Å². The van der Waals surface area contributed by atoms with Crippen molar-refractivity contribution in [1.29, 1.82) is 0 Å². The molecule has 0 unspecified atom stereocenters. The summed E-state index contributed by atoms with van der Waals surface area (Å²) in [6.45, 7) is 11.2. The topological polar surface area (TPSA) is 144 Å². The first-order valence-corrected chi connectivity index (χ1v) is 15.0. The van der Waals surface area contributed by atoms with Crippen molar-refractivity contribution in [3.05, 3.63) is 23.5 Å². The zero-order valence-corrected chi connectivity index (χ0v) is 24.8. The highest BCUT2D eigenvalue weighted by Gasteiger charge is 2.90. The quantitative estimate of drug-likeness (QED) is 0.383. The number of ether oxygens (including phenoxy) is 6. The third-order valence-electron chi connectivity index (χ3n) is 11.4. The Hall–Kier alpha value is -2.76. The van der Waals surface area contributed by atoms with E-state index in [1.54, 1.807) is 19.9 Å². The van der Waals surface area contributed by atoms with Crippen LogP contribution in [-0.4, -0.2) is 70.4 Å². The van der Waals surface area contributed by atoms with Crippen LogP contribution in [0.25, 0.3) is 0 Å². The normalized spacial score (nSPS) is 49.4. The van der Waals surface area contributed by atoms with Gasteiger partial charge in [-0.2, -0.15) is 0 Å². The van der Waals surface area contributed by atoms with E-state index in [2.05, 4.69) is 0 Å². The monoisotopic (exact) mass is 586 g/mol. The molecule has 6 heterocycles. The second-order valence-corrected chi connectivity index (χ2v) is 14.0. The van der Waals surface area contributed by atoms with E-state index in [9.17, 15) is 24.3 Å². The minimum atomic E-state index is -2.33. The van der Waals surface area contributed by atoms with Gasteiger partial charge in [0.1, 0.15) is 17.8 Å². The van der Waals surface area contributed by atoms with E-state index in [4.69, 9.17) is 28.4 Å². The van der Waals surface area contributed by atoms with E-state index in [-0.39, 0.29) is 43.7 Å². The van der Waals surface area contributed by atoms with Crippen molar-refractivity contribution in [2.75, 3.05) is 6.61 Å². The lowest BCUT2D eigenvalue weighted by atomic mass is 9.65. The first-order chi connectivity index (χ1) is 19.6. The molecule has 42 heavy (non-hydrogen) atoms. The number of esters is 4. The van der Waals surface area contributed by atoms with Crippen LogP contribution in [0.2, 0.25) is 0 Å². The molecule has 5 saturated heterocycles. The Morgan fingerprint density at radius 1 is 1.17 bits per heavy atom. The Kier molecular flexibility index (Phi) is 5.64. The standard InChI is InChI=1S/C31H38O11/c1-7-37-25(34)22-17-12-18-27(4,5)40-19-13-20(32)41-30(18,19)31(36,39-17)29(22)9-8-28(6)21(23(28)26(35)42-29)14(2)10-16-11-15(3)24(33)38-16/h10-11,14,17-19,21-23,36H,7-9,12-13H2,1-6H3/b16-10-/t14-,17-,18-,19+,21+,22-,23+,28+,29+,30+,31-/m0/s1. The highest BCUT2D eigenvalue weighted by Crippen LogP contribution is 2.73. The number of hydrogen-bond acceptors (Lipinski definition) is 11. The van der Waals surface area contributed by atoms with Crippen molar-refractivity contribution in [1.82, 2.24) is 0 Å². The molecule has 11 heteroatoms. The SMILES string of the molecule is CCOC(=O)[C@@H]1[C@@H]2C[C@H]3C(C)(C)O[C@@H]4CC(=O)O[C@@]43[C@@](O)(O2)[C@@]12CC[C@]1(C)[C@H]([C@@H](C)/C=C3/C=C(C)C(=O)O3)[C@@H]1C(=O)O2. The number of cyclic esters (lactones) is 1. The van der Waals surface area contributed by atoms with Gasteiger partial charge in [0.05, 0.1) is 30.7 Å². The summed E-state index contributed by atoms with van der Waals surface area (Å²) in [7, 11) is 0. The zero-order valence-electron chi connectivity index (χ0n) is 24.8.